The van der Waals surface area contributed by atoms with E-state index in [0.717, 1.165) is 28.9 Å². The number of nitrogens with one attached hydrogen (secondary N) is 2. The standard InChI is InChI=1S/C24H25F4N5O.C2HF3O2/c1-33(2)21-16-6-3-4-9-19(16)31-23(32-21)30-15-12-10-14(11-13-15)29-22(34)20-17(24(26,27)28)7-5-8-18(20)25;3-2(4,5)1(6)7/h3-9,14-15H,10-13H2,1-2H3,(H,29,34)(H,30,31,32);(H,6,7). The normalized spacial score (nSPS) is 17.3. The van der Waals surface area contributed by atoms with E-state index in [1.54, 1.807) is 0 Å². The van der Waals surface area contributed by atoms with Crippen molar-refractivity contribution in [2.75, 3.05) is 24.3 Å². The van der Waals surface area contributed by atoms with Crippen molar-refractivity contribution in [2.45, 2.75) is 50.1 Å². The van der Waals surface area contributed by atoms with Crippen LogP contribution in [0.2, 0.25) is 0 Å². The van der Waals surface area contributed by atoms with E-state index < -0.39 is 41.2 Å². The van der Waals surface area contributed by atoms with Crippen LogP contribution in [0.25, 0.3) is 10.9 Å². The largest absolute Gasteiger partial charge is 0.490 e. The number of halogens is 7. The number of amides is 1. The highest BCUT2D eigenvalue weighted by molar-refractivity contribution is 5.96. The number of fused-ring (bicyclic) bond motifs is 1. The second kappa shape index (κ2) is 12.6. The molecule has 222 valence electrons. The van der Waals surface area contributed by atoms with Gasteiger partial charge in [-0.2, -0.15) is 31.3 Å². The highest BCUT2D eigenvalue weighted by Gasteiger charge is 2.38. The molecule has 2 aromatic carbocycles. The molecule has 4 rings (SSSR count). The molecule has 3 aromatic rings. The molecule has 1 aromatic heterocycles. The minimum absolute atomic E-state index is 0.0449. The molecule has 3 N–H and O–H groups in total. The molecule has 1 aliphatic carbocycles. The fourth-order valence-electron chi connectivity index (χ4n) is 4.28. The van der Waals surface area contributed by atoms with Crippen molar-refractivity contribution in [3.05, 3.63) is 59.4 Å². The summed E-state index contributed by atoms with van der Waals surface area (Å²) < 4.78 is 85.5. The molecule has 1 heterocycles. The number of alkyl halides is 6. The van der Waals surface area contributed by atoms with Crippen LogP contribution in [0, 0.1) is 5.82 Å². The first-order chi connectivity index (χ1) is 19.1. The van der Waals surface area contributed by atoms with Crippen LogP contribution in [0.15, 0.2) is 42.5 Å². The lowest BCUT2D eigenvalue weighted by Crippen LogP contribution is -2.41. The molecule has 1 saturated carbocycles. The molecule has 0 atom stereocenters. The van der Waals surface area contributed by atoms with Crippen LogP contribution < -0.4 is 15.5 Å². The van der Waals surface area contributed by atoms with Crippen molar-refractivity contribution < 1.29 is 45.4 Å². The van der Waals surface area contributed by atoms with Crippen molar-refractivity contribution >= 4 is 34.5 Å². The minimum atomic E-state index is -5.08. The van der Waals surface area contributed by atoms with Crippen LogP contribution in [0.4, 0.5) is 42.5 Å². The Bertz CT molecular complexity index is 1390. The Kier molecular flexibility index (Phi) is 9.61. The van der Waals surface area contributed by atoms with E-state index in [1.165, 1.54) is 0 Å². The number of hydrogen-bond donors (Lipinski definition) is 3. The Balaban J connectivity index is 0.000000587. The summed E-state index contributed by atoms with van der Waals surface area (Å²) in [6.07, 6.45) is -7.52. The molecule has 1 fully saturated rings. The van der Waals surface area contributed by atoms with E-state index in [4.69, 9.17) is 9.90 Å². The van der Waals surface area contributed by atoms with Gasteiger partial charge in [0.05, 0.1) is 16.6 Å². The summed E-state index contributed by atoms with van der Waals surface area (Å²) in [5.41, 5.74) is -1.42. The number of carbonyl (C=O) groups is 2. The number of carbonyl (C=O) groups excluding carboxylic acids is 1. The van der Waals surface area contributed by atoms with Gasteiger partial charge in [-0.15, -0.1) is 0 Å². The number of hydrogen-bond acceptors (Lipinski definition) is 6. The SMILES string of the molecule is CN(C)c1nc(NC2CCC(NC(=O)c3c(F)cccc3C(F)(F)F)CC2)nc2ccccc12.O=C(O)C(F)(F)F. The van der Waals surface area contributed by atoms with E-state index in [9.17, 15) is 35.5 Å². The van der Waals surface area contributed by atoms with Gasteiger partial charge in [0.1, 0.15) is 11.6 Å². The number of para-hydroxylation sites is 1. The Labute approximate surface area is 229 Å². The minimum Gasteiger partial charge on any atom is -0.475 e. The third-order valence-corrected chi connectivity index (χ3v) is 6.19. The first kappa shape index (κ1) is 31.4. The fraction of sp³-hybridized carbons (Fsp3) is 0.385. The molecular weight excluding hydrogens is 563 g/mol. The molecule has 0 unspecified atom stereocenters. The average molecular weight is 590 g/mol. The maximum absolute atomic E-state index is 14.1. The van der Waals surface area contributed by atoms with E-state index in [2.05, 4.69) is 20.6 Å². The molecule has 0 aliphatic heterocycles. The van der Waals surface area contributed by atoms with Crippen LogP contribution in [0.1, 0.15) is 41.6 Å². The second-order valence-electron chi connectivity index (χ2n) is 9.41. The number of rotatable bonds is 5. The number of carboxylic acids is 1. The molecule has 1 amide bonds. The molecule has 1 aliphatic rings. The highest BCUT2D eigenvalue weighted by atomic mass is 19.4. The molecule has 0 radical (unpaired) electrons. The van der Waals surface area contributed by atoms with Gasteiger partial charge >= 0.3 is 18.3 Å². The summed E-state index contributed by atoms with van der Waals surface area (Å²) in [6, 6.07) is 9.93. The maximum Gasteiger partial charge on any atom is 0.490 e. The van der Waals surface area contributed by atoms with Crippen molar-refractivity contribution in [3.63, 3.8) is 0 Å². The van der Waals surface area contributed by atoms with Crippen LogP contribution in [-0.2, 0) is 11.0 Å². The lowest BCUT2D eigenvalue weighted by Gasteiger charge is -2.30. The molecular formula is C26H26F7N5O3. The van der Waals surface area contributed by atoms with Gasteiger partial charge in [-0.25, -0.2) is 14.2 Å². The molecule has 15 heteroatoms. The van der Waals surface area contributed by atoms with E-state index in [1.807, 2.05) is 43.3 Å². The predicted molar refractivity (Wildman–Crippen MR) is 136 cm³/mol. The number of nitrogens with zero attached hydrogens (tertiary/aromatic N) is 3. The summed E-state index contributed by atoms with van der Waals surface area (Å²) in [5, 5.41) is 14.0. The van der Waals surface area contributed by atoms with Crippen molar-refractivity contribution in [2.24, 2.45) is 0 Å². The Morgan fingerprint density at radius 2 is 1.49 bits per heavy atom. The maximum atomic E-state index is 14.1. The molecule has 0 saturated heterocycles. The summed E-state index contributed by atoms with van der Waals surface area (Å²) in [7, 11) is 3.82. The number of benzene rings is 2. The molecule has 41 heavy (non-hydrogen) atoms. The number of aromatic nitrogens is 2. The number of carboxylic acid groups (broad SMARTS) is 1. The quantitative estimate of drug-likeness (QED) is 0.331. The van der Waals surface area contributed by atoms with Crippen LogP contribution in [0.5, 0.6) is 0 Å². The van der Waals surface area contributed by atoms with Crippen molar-refractivity contribution in [1.29, 1.82) is 0 Å². The third-order valence-electron chi connectivity index (χ3n) is 6.19. The monoisotopic (exact) mass is 589 g/mol. The lowest BCUT2D eigenvalue weighted by molar-refractivity contribution is -0.192. The third kappa shape index (κ3) is 8.17. The summed E-state index contributed by atoms with van der Waals surface area (Å²) in [5.74, 6) is -3.70. The molecule has 8 nitrogen and oxygen atoms in total. The van der Waals surface area contributed by atoms with Gasteiger partial charge in [0.25, 0.3) is 5.91 Å². The highest BCUT2D eigenvalue weighted by Crippen LogP contribution is 2.33. The zero-order valence-electron chi connectivity index (χ0n) is 21.8. The smallest absolute Gasteiger partial charge is 0.475 e. The first-order valence-corrected chi connectivity index (χ1v) is 12.2. The van der Waals surface area contributed by atoms with E-state index >= 15 is 0 Å². The Hall–Kier alpha value is -4.17. The average Bonchev–Trinajstić information content (AvgIpc) is 2.88. The predicted octanol–water partition coefficient (Wildman–Crippen LogP) is 5.64. The zero-order chi connectivity index (χ0) is 30.5. The number of aliphatic carboxylic acids is 1. The van der Waals surface area contributed by atoms with Crippen LogP contribution in [-0.4, -0.2) is 59.3 Å². The van der Waals surface area contributed by atoms with Gasteiger partial charge in [-0.3, -0.25) is 4.79 Å². The van der Waals surface area contributed by atoms with Crippen molar-refractivity contribution in [1.82, 2.24) is 15.3 Å². The van der Waals surface area contributed by atoms with Crippen LogP contribution in [0.3, 0.4) is 0 Å². The van der Waals surface area contributed by atoms with Gasteiger partial charge in [-0.1, -0.05) is 18.2 Å². The van der Waals surface area contributed by atoms with Gasteiger partial charge in [0.15, 0.2) is 0 Å². The fourth-order valence-corrected chi connectivity index (χ4v) is 4.28. The topological polar surface area (TPSA) is 107 Å². The molecule has 0 bridgehead atoms. The first-order valence-electron chi connectivity index (χ1n) is 12.2. The van der Waals surface area contributed by atoms with Gasteiger partial charge in [-0.05, 0) is 49.9 Å². The lowest BCUT2D eigenvalue weighted by atomic mass is 9.91. The molecule has 0 spiro atoms. The second-order valence-corrected chi connectivity index (χ2v) is 9.41. The van der Waals surface area contributed by atoms with Crippen molar-refractivity contribution in [3.8, 4) is 0 Å². The summed E-state index contributed by atoms with van der Waals surface area (Å²) in [4.78, 5) is 32.5. The van der Waals surface area contributed by atoms with E-state index in [-0.39, 0.29) is 12.1 Å². The van der Waals surface area contributed by atoms with E-state index in [0.29, 0.717) is 37.7 Å². The van der Waals surface area contributed by atoms with Gasteiger partial charge in [0, 0.05) is 31.6 Å². The van der Waals surface area contributed by atoms with Crippen LogP contribution >= 0.6 is 0 Å². The van der Waals surface area contributed by atoms with Gasteiger partial charge < -0.3 is 20.6 Å². The summed E-state index contributed by atoms with van der Waals surface area (Å²) in [6.45, 7) is 0. The number of anilines is 2. The Morgan fingerprint density at radius 1 is 0.902 bits per heavy atom. The van der Waals surface area contributed by atoms with Gasteiger partial charge in [0.2, 0.25) is 5.95 Å². The summed E-state index contributed by atoms with van der Waals surface area (Å²) >= 11 is 0. The zero-order valence-corrected chi connectivity index (χ0v) is 21.8. The Morgan fingerprint density at radius 3 is 2.05 bits per heavy atom.